The van der Waals surface area contributed by atoms with Gasteiger partial charge < -0.3 is 9.32 Å². The molecule has 59 heavy (non-hydrogen) atoms. The Labute approximate surface area is 345 Å². The van der Waals surface area contributed by atoms with Crippen LogP contribution in [0.3, 0.4) is 0 Å². The summed E-state index contributed by atoms with van der Waals surface area (Å²) in [5, 5.41) is 2.30. The molecule has 9 aromatic carbocycles. The molecule has 1 aliphatic rings. The fraction of sp³-hybridized carbons (Fsp3) is 0.0526. The predicted molar refractivity (Wildman–Crippen MR) is 248 cm³/mol. The Bertz CT molecular complexity index is 3040. The summed E-state index contributed by atoms with van der Waals surface area (Å²) in [6.07, 6.45) is 0. The third kappa shape index (κ3) is 5.87. The summed E-state index contributed by atoms with van der Waals surface area (Å²) >= 11 is 0. The number of rotatable bonds is 7. The Kier molecular flexibility index (Phi) is 8.20. The summed E-state index contributed by atoms with van der Waals surface area (Å²) in [7, 11) is 0. The van der Waals surface area contributed by atoms with Gasteiger partial charge in [-0.2, -0.15) is 0 Å². The number of para-hydroxylation sites is 1. The minimum Gasteiger partial charge on any atom is -0.456 e. The molecule has 1 aromatic heterocycles. The maximum absolute atomic E-state index is 6.68. The van der Waals surface area contributed by atoms with Gasteiger partial charge in [0, 0.05) is 38.8 Å². The summed E-state index contributed by atoms with van der Waals surface area (Å²) < 4.78 is 6.68. The van der Waals surface area contributed by atoms with Gasteiger partial charge in [0.1, 0.15) is 11.2 Å². The Morgan fingerprint density at radius 1 is 0.356 bits per heavy atom. The first-order valence-electron chi connectivity index (χ1n) is 20.4. The molecule has 11 rings (SSSR count). The Balaban J connectivity index is 1.08. The van der Waals surface area contributed by atoms with Crippen molar-refractivity contribution in [2.45, 2.75) is 19.3 Å². The predicted octanol–water partition coefficient (Wildman–Crippen LogP) is 16.0. The average molecular weight is 756 g/mol. The van der Waals surface area contributed by atoms with Crippen molar-refractivity contribution in [2.24, 2.45) is 0 Å². The van der Waals surface area contributed by atoms with E-state index in [9.17, 15) is 0 Å². The van der Waals surface area contributed by atoms with E-state index in [0.29, 0.717) is 0 Å². The maximum Gasteiger partial charge on any atom is 0.136 e. The highest BCUT2D eigenvalue weighted by Gasteiger charge is 2.39. The van der Waals surface area contributed by atoms with Crippen LogP contribution in [-0.2, 0) is 5.41 Å². The van der Waals surface area contributed by atoms with Crippen molar-refractivity contribution in [3.05, 3.63) is 223 Å². The van der Waals surface area contributed by atoms with Crippen LogP contribution in [0.5, 0.6) is 0 Å². The van der Waals surface area contributed by atoms with E-state index in [0.717, 1.165) is 39.0 Å². The van der Waals surface area contributed by atoms with Crippen molar-refractivity contribution >= 4 is 39.0 Å². The van der Waals surface area contributed by atoms with Gasteiger partial charge in [-0.3, -0.25) is 0 Å². The van der Waals surface area contributed by atoms with Gasteiger partial charge in [-0.15, -0.1) is 0 Å². The number of hydrogen-bond donors (Lipinski definition) is 0. The molecule has 10 aromatic rings. The molecule has 2 nitrogen and oxygen atoms in total. The molecule has 0 saturated heterocycles. The summed E-state index contributed by atoms with van der Waals surface area (Å²) in [5.41, 5.74) is 19.6. The number of nitrogens with zero attached hydrogens (tertiary/aromatic N) is 1. The monoisotopic (exact) mass is 755 g/mol. The molecule has 1 aliphatic carbocycles. The second kappa shape index (κ2) is 13.9. The molecule has 2 heteroatoms. The lowest BCUT2D eigenvalue weighted by Gasteiger charge is -2.28. The number of benzene rings is 9. The fourth-order valence-corrected chi connectivity index (χ4v) is 9.27. The van der Waals surface area contributed by atoms with Gasteiger partial charge in [-0.1, -0.05) is 178 Å². The van der Waals surface area contributed by atoms with Crippen LogP contribution in [-0.4, -0.2) is 0 Å². The second-order valence-corrected chi connectivity index (χ2v) is 16.1. The molecular weight excluding hydrogens is 715 g/mol. The first kappa shape index (κ1) is 34.8. The summed E-state index contributed by atoms with van der Waals surface area (Å²) in [4.78, 5) is 2.39. The van der Waals surface area contributed by atoms with Crippen LogP contribution in [0, 0.1) is 0 Å². The van der Waals surface area contributed by atoms with E-state index in [1.54, 1.807) is 0 Å². The van der Waals surface area contributed by atoms with Crippen molar-refractivity contribution in [1.82, 2.24) is 0 Å². The van der Waals surface area contributed by atoms with Crippen LogP contribution in [0.4, 0.5) is 17.1 Å². The molecule has 0 radical (unpaired) electrons. The molecule has 0 bridgehead atoms. The maximum atomic E-state index is 6.68. The summed E-state index contributed by atoms with van der Waals surface area (Å²) in [6, 6.07) is 76.7. The molecule has 0 unspecified atom stereocenters. The van der Waals surface area contributed by atoms with E-state index in [1.807, 2.05) is 0 Å². The second-order valence-electron chi connectivity index (χ2n) is 16.1. The Morgan fingerprint density at radius 3 is 1.34 bits per heavy atom. The van der Waals surface area contributed by atoms with Crippen molar-refractivity contribution < 1.29 is 4.42 Å². The highest BCUT2D eigenvalue weighted by molar-refractivity contribution is 6.17. The van der Waals surface area contributed by atoms with Crippen LogP contribution in [0.25, 0.3) is 77.6 Å². The number of fused-ring (bicyclic) bond motifs is 6. The smallest absolute Gasteiger partial charge is 0.136 e. The third-order valence-corrected chi connectivity index (χ3v) is 12.3. The molecule has 0 fully saturated rings. The zero-order valence-corrected chi connectivity index (χ0v) is 33.1. The fourth-order valence-electron chi connectivity index (χ4n) is 9.27. The van der Waals surface area contributed by atoms with Crippen molar-refractivity contribution in [2.75, 3.05) is 4.90 Å². The Morgan fingerprint density at radius 2 is 0.797 bits per heavy atom. The van der Waals surface area contributed by atoms with Crippen LogP contribution < -0.4 is 4.90 Å². The lowest BCUT2D eigenvalue weighted by atomic mass is 9.81. The molecule has 0 amide bonds. The molecule has 0 atom stereocenters. The summed E-state index contributed by atoms with van der Waals surface area (Å²) in [5.74, 6) is 0. The van der Waals surface area contributed by atoms with E-state index in [1.165, 1.54) is 66.8 Å². The van der Waals surface area contributed by atoms with Gasteiger partial charge >= 0.3 is 0 Å². The van der Waals surface area contributed by atoms with Gasteiger partial charge in [-0.25, -0.2) is 0 Å². The zero-order valence-electron chi connectivity index (χ0n) is 33.1. The normalized spacial score (nSPS) is 12.7. The highest BCUT2D eigenvalue weighted by atomic mass is 16.3. The largest absolute Gasteiger partial charge is 0.456 e. The zero-order chi connectivity index (χ0) is 39.5. The number of hydrogen-bond acceptors (Lipinski definition) is 2. The van der Waals surface area contributed by atoms with Crippen LogP contribution >= 0.6 is 0 Å². The summed E-state index contributed by atoms with van der Waals surface area (Å²) in [6.45, 7) is 4.73. The SMILES string of the molecule is CC1(C)c2cc(N(c3ccc(-c4ccccc4)cc3)c3ccc(-c4ccccc4)cc3)ccc2-c2c1cc1oc3ccccc3c1c2-c1ccc(-c2ccccc2)cc1. The molecule has 0 N–H and O–H groups in total. The van der Waals surface area contributed by atoms with E-state index in [-0.39, 0.29) is 5.41 Å². The first-order chi connectivity index (χ1) is 29.0. The van der Waals surface area contributed by atoms with Gasteiger partial charge in [0.15, 0.2) is 0 Å². The van der Waals surface area contributed by atoms with E-state index >= 15 is 0 Å². The molecule has 0 spiro atoms. The van der Waals surface area contributed by atoms with Crippen LogP contribution in [0.15, 0.2) is 217 Å². The lowest BCUT2D eigenvalue weighted by molar-refractivity contribution is 0.647. The number of anilines is 3. The molecule has 0 aliphatic heterocycles. The van der Waals surface area contributed by atoms with Crippen LogP contribution in [0.1, 0.15) is 25.0 Å². The van der Waals surface area contributed by atoms with Gasteiger partial charge in [-0.05, 0) is 110 Å². The van der Waals surface area contributed by atoms with E-state index in [2.05, 4.69) is 231 Å². The molecule has 0 saturated carbocycles. The lowest BCUT2D eigenvalue weighted by Crippen LogP contribution is -2.16. The first-order valence-corrected chi connectivity index (χ1v) is 20.4. The standard InChI is InChI=1S/C57H41NO/c1-57(2)50-36-47(58(45-30-26-42(27-31-45)39-16-8-4-9-17-39)46-32-28-43(29-33-46)40-18-10-5-11-19-40)34-35-48(50)55-51(57)37-53-56(49-20-12-13-21-52(49)59-53)54(55)44-24-22-41(23-25-44)38-14-6-3-7-15-38/h3-37H,1-2H3. The molecule has 280 valence electrons. The minimum atomic E-state index is -0.299. The molecular formula is C57H41NO. The van der Waals surface area contributed by atoms with Crippen molar-refractivity contribution in [3.8, 4) is 55.6 Å². The molecule has 1 heterocycles. The third-order valence-electron chi connectivity index (χ3n) is 12.3. The van der Waals surface area contributed by atoms with Crippen LogP contribution in [0.2, 0.25) is 0 Å². The van der Waals surface area contributed by atoms with Gasteiger partial charge in [0.05, 0.1) is 0 Å². The average Bonchev–Trinajstić information content (AvgIpc) is 3.78. The van der Waals surface area contributed by atoms with Crippen molar-refractivity contribution in [1.29, 1.82) is 0 Å². The quantitative estimate of drug-likeness (QED) is 0.161. The van der Waals surface area contributed by atoms with Gasteiger partial charge in [0.2, 0.25) is 0 Å². The topological polar surface area (TPSA) is 16.4 Å². The van der Waals surface area contributed by atoms with Gasteiger partial charge in [0.25, 0.3) is 0 Å². The minimum absolute atomic E-state index is 0.299. The van der Waals surface area contributed by atoms with Crippen molar-refractivity contribution in [3.63, 3.8) is 0 Å². The number of furan rings is 1. The van der Waals surface area contributed by atoms with E-state index < -0.39 is 0 Å². The highest BCUT2D eigenvalue weighted by Crippen LogP contribution is 2.57. The Hall–Kier alpha value is -7.42. The van der Waals surface area contributed by atoms with E-state index in [4.69, 9.17) is 4.42 Å².